The summed E-state index contributed by atoms with van der Waals surface area (Å²) in [6, 6.07) is 4.96. The van der Waals surface area contributed by atoms with Crippen LogP contribution in [-0.2, 0) is 4.79 Å². The highest BCUT2D eigenvalue weighted by Gasteiger charge is 2.33. The average Bonchev–Trinajstić information content (AvgIpc) is 2.87. The maximum absolute atomic E-state index is 12.5. The zero-order chi connectivity index (χ0) is 14.8. The molecule has 7 heteroatoms. The van der Waals surface area contributed by atoms with Gasteiger partial charge in [0.1, 0.15) is 17.8 Å². The summed E-state index contributed by atoms with van der Waals surface area (Å²) in [6.45, 7) is 5.44. The van der Waals surface area contributed by atoms with Crippen LogP contribution in [0.2, 0.25) is 5.15 Å². The van der Waals surface area contributed by atoms with Gasteiger partial charge in [0.15, 0.2) is 0 Å². The van der Waals surface area contributed by atoms with Gasteiger partial charge in [0, 0.05) is 11.5 Å². The highest BCUT2D eigenvalue weighted by atomic mass is 35.5. The molecule has 0 radical (unpaired) electrons. The Labute approximate surface area is 121 Å². The summed E-state index contributed by atoms with van der Waals surface area (Å²) in [5.41, 5.74) is -0.588. The number of carbonyl (C=O) groups is 1. The zero-order valence-electron chi connectivity index (χ0n) is 11.4. The molecule has 1 atom stereocenters. The minimum absolute atomic E-state index is 0.134. The highest BCUT2D eigenvalue weighted by molar-refractivity contribution is 6.29. The molecule has 2 rings (SSSR count). The van der Waals surface area contributed by atoms with Crippen molar-refractivity contribution in [2.75, 3.05) is 0 Å². The van der Waals surface area contributed by atoms with Crippen LogP contribution in [0.5, 0.6) is 5.88 Å². The van der Waals surface area contributed by atoms with E-state index in [4.69, 9.17) is 16.3 Å². The Morgan fingerprint density at radius 1 is 1.40 bits per heavy atom. The van der Waals surface area contributed by atoms with E-state index >= 15 is 0 Å². The molecule has 6 nitrogen and oxygen atoms in total. The number of ether oxygens (including phenoxy) is 1. The van der Waals surface area contributed by atoms with E-state index in [0.29, 0.717) is 5.15 Å². The zero-order valence-corrected chi connectivity index (χ0v) is 12.2. The summed E-state index contributed by atoms with van der Waals surface area (Å²) < 4.78 is 7.00. The van der Waals surface area contributed by atoms with Gasteiger partial charge in [0.05, 0.1) is 0 Å². The minimum atomic E-state index is -0.927. The summed E-state index contributed by atoms with van der Waals surface area (Å²) in [4.78, 5) is 20.3. The van der Waals surface area contributed by atoms with E-state index < -0.39 is 11.6 Å². The van der Waals surface area contributed by atoms with Crippen molar-refractivity contribution in [3.63, 3.8) is 0 Å². The molecule has 0 bridgehead atoms. The van der Waals surface area contributed by atoms with Gasteiger partial charge in [-0.2, -0.15) is 5.10 Å². The maximum atomic E-state index is 12.5. The Morgan fingerprint density at radius 3 is 2.70 bits per heavy atom. The third kappa shape index (κ3) is 3.33. The number of hydrogen-bond donors (Lipinski definition) is 0. The number of halogens is 1. The monoisotopic (exact) mass is 294 g/mol. The van der Waals surface area contributed by atoms with E-state index in [0.717, 1.165) is 0 Å². The van der Waals surface area contributed by atoms with Crippen LogP contribution in [0.25, 0.3) is 0 Å². The number of aromatic nitrogens is 4. The van der Waals surface area contributed by atoms with Gasteiger partial charge in [0.2, 0.25) is 11.7 Å². The number of pyridine rings is 1. The van der Waals surface area contributed by atoms with Crippen molar-refractivity contribution < 1.29 is 9.53 Å². The Bertz CT molecular complexity index is 593. The molecule has 0 saturated heterocycles. The lowest BCUT2D eigenvalue weighted by Crippen LogP contribution is -2.34. The average molecular weight is 295 g/mol. The van der Waals surface area contributed by atoms with Crippen molar-refractivity contribution in [2.45, 2.75) is 27.0 Å². The molecule has 0 N–H and O–H groups in total. The largest absolute Gasteiger partial charge is 0.444 e. The predicted molar refractivity (Wildman–Crippen MR) is 73.4 cm³/mol. The quantitative estimate of drug-likeness (QED) is 0.810. The third-order valence-electron chi connectivity index (χ3n) is 2.56. The molecule has 2 heterocycles. The van der Waals surface area contributed by atoms with Crippen molar-refractivity contribution in [3.8, 4) is 5.88 Å². The van der Waals surface area contributed by atoms with Crippen LogP contribution in [-0.4, -0.2) is 25.5 Å². The molecule has 0 amide bonds. The standard InChI is InChI=1S/C13H15ClN4O2/c1-13(2,3)11(19)12(18-8-15-7-16-18)20-10-6-4-5-9(14)17-10/h4-8,12H,1-3H3/t12-/m0/s1. The summed E-state index contributed by atoms with van der Waals surface area (Å²) in [5.74, 6) is 0.125. The van der Waals surface area contributed by atoms with Crippen LogP contribution in [0.4, 0.5) is 0 Å². The summed E-state index contributed by atoms with van der Waals surface area (Å²) in [7, 11) is 0. The molecule has 0 aliphatic heterocycles. The van der Waals surface area contributed by atoms with Crippen LogP contribution in [0, 0.1) is 5.41 Å². The summed E-state index contributed by atoms with van der Waals surface area (Å²) in [5, 5.41) is 4.26. The fraction of sp³-hybridized carbons (Fsp3) is 0.385. The van der Waals surface area contributed by atoms with Crippen LogP contribution < -0.4 is 4.74 Å². The Balaban J connectivity index is 2.31. The van der Waals surface area contributed by atoms with Gasteiger partial charge in [-0.15, -0.1) is 0 Å². The van der Waals surface area contributed by atoms with Crippen LogP contribution in [0.1, 0.15) is 27.0 Å². The molecule has 0 spiro atoms. The van der Waals surface area contributed by atoms with Gasteiger partial charge >= 0.3 is 0 Å². The van der Waals surface area contributed by atoms with Gasteiger partial charge in [0.25, 0.3) is 6.23 Å². The van der Waals surface area contributed by atoms with Gasteiger partial charge in [-0.05, 0) is 6.07 Å². The van der Waals surface area contributed by atoms with Crippen molar-refractivity contribution in [2.24, 2.45) is 5.41 Å². The fourth-order valence-corrected chi connectivity index (χ4v) is 1.66. The van der Waals surface area contributed by atoms with E-state index in [2.05, 4.69) is 15.1 Å². The first kappa shape index (κ1) is 14.5. The van der Waals surface area contributed by atoms with Gasteiger partial charge < -0.3 is 4.74 Å². The van der Waals surface area contributed by atoms with Crippen molar-refractivity contribution in [3.05, 3.63) is 36.0 Å². The molecule has 0 aliphatic carbocycles. The molecule has 20 heavy (non-hydrogen) atoms. The Hall–Kier alpha value is -1.95. The lowest BCUT2D eigenvalue weighted by atomic mass is 9.90. The molecule has 2 aromatic heterocycles. The topological polar surface area (TPSA) is 69.9 Å². The maximum Gasteiger partial charge on any atom is 0.253 e. The van der Waals surface area contributed by atoms with Crippen molar-refractivity contribution in [1.29, 1.82) is 0 Å². The number of hydrogen-bond acceptors (Lipinski definition) is 5. The van der Waals surface area contributed by atoms with Crippen LogP contribution in [0.3, 0.4) is 0 Å². The first-order valence-electron chi connectivity index (χ1n) is 6.05. The molecular formula is C13H15ClN4O2. The Kier molecular flexibility index (Phi) is 4.04. The third-order valence-corrected chi connectivity index (χ3v) is 2.77. The number of nitrogens with zero attached hydrogens (tertiary/aromatic N) is 4. The predicted octanol–water partition coefficient (Wildman–Crippen LogP) is 2.52. The second-order valence-corrected chi connectivity index (χ2v) is 5.65. The van der Waals surface area contributed by atoms with E-state index in [9.17, 15) is 4.79 Å². The number of ketones is 1. The first-order valence-corrected chi connectivity index (χ1v) is 6.43. The lowest BCUT2D eigenvalue weighted by molar-refractivity contribution is -0.138. The number of Topliss-reactive ketones (excluding diaryl/α,β-unsaturated/α-hetero) is 1. The highest BCUT2D eigenvalue weighted by Crippen LogP contribution is 2.25. The fourth-order valence-electron chi connectivity index (χ4n) is 1.51. The molecule has 0 unspecified atom stereocenters. The second-order valence-electron chi connectivity index (χ2n) is 5.26. The summed E-state index contributed by atoms with van der Waals surface area (Å²) in [6.07, 6.45) is 1.85. The van der Waals surface area contributed by atoms with Crippen molar-refractivity contribution in [1.82, 2.24) is 19.7 Å². The van der Waals surface area contributed by atoms with Crippen molar-refractivity contribution >= 4 is 17.4 Å². The number of rotatable bonds is 4. The number of carbonyl (C=O) groups excluding carboxylic acids is 1. The van der Waals surface area contributed by atoms with E-state index in [-0.39, 0.29) is 11.7 Å². The molecule has 0 fully saturated rings. The van der Waals surface area contributed by atoms with Crippen LogP contribution in [0.15, 0.2) is 30.9 Å². The first-order chi connectivity index (χ1) is 9.38. The lowest BCUT2D eigenvalue weighted by Gasteiger charge is -2.24. The Morgan fingerprint density at radius 2 is 2.15 bits per heavy atom. The molecule has 0 saturated carbocycles. The van der Waals surface area contributed by atoms with E-state index in [1.165, 1.54) is 17.3 Å². The van der Waals surface area contributed by atoms with Gasteiger partial charge in [-0.3, -0.25) is 4.79 Å². The molecule has 0 aliphatic rings. The van der Waals surface area contributed by atoms with E-state index in [1.54, 1.807) is 18.2 Å². The summed E-state index contributed by atoms with van der Waals surface area (Å²) >= 11 is 5.81. The SMILES string of the molecule is CC(C)(C)C(=O)[C@H](Oc1cccc(Cl)n1)n1cncn1. The van der Waals surface area contributed by atoms with E-state index in [1.807, 2.05) is 20.8 Å². The molecule has 2 aromatic rings. The molecule has 106 valence electrons. The minimum Gasteiger partial charge on any atom is -0.444 e. The second kappa shape index (κ2) is 5.58. The normalized spacial score (nSPS) is 13.0. The van der Waals surface area contributed by atoms with Gasteiger partial charge in [-0.25, -0.2) is 14.6 Å². The van der Waals surface area contributed by atoms with Crippen LogP contribution >= 0.6 is 11.6 Å². The molecule has 0 aromatic carbocycles. The van der Waals surface area contributed by atoms with Gasteiger partial charge in [-0.1, -0.05) is 38.4 Å². The smallest absolute Gasteiger partial charge is 0.253 e. The molecular weight excluding hydrogens is 280 g/mol.